The summed E-state index contributed by atoms with van der Waals surface area (Å²) in [7, 11) is 0. The lowest BCUT2D eigenvalue weighted by Gasteiger charge is -2.19. The van der Waals surface area contributed by atoms with E-state index in [1.807, 2.05) is 12.1 Å². The van der Waals surface area contributed by atoms with Gasteiger partial charge in [0, 0.05) is 32.9 Å². The Morgan fingerprint density at radius 3 is 1.68 bits per heavy atom. The molecule has 0 aliphatic rings. The zero-order chi connectivity index (χ0) is 34.9. The predicted molar refractivity (Wildman–Crippen MR) is 207 cm³/mol. The monoisotopic (exact) mass is 646 g/mol. The molecule has 6 aromatic carbocycles. The summed E-state index contributed by atoms with van der Waals surface area (Å²) in [6, 6.07) is 47.6. The quantitative estimate of drug-likeness (QED) is 0.192. The van der Waals surface area contributed by atoms with Crippen LogP contribution in [-0.2, 0) is 10.8 Å². The number of nitrogens with zero attached hydrogens (tertiary/aromatic N) is 4. The molecule has 4 nitrogen and oxygen atoms in total. The van der Waals surface area contributed by atoms with Crippen LogP contribution in [0.5, 0.6) is 0 Å². The molecule has 0 saturated heterocycles. The van der Waals surface area contributed by atoms with Crippen LogP contribution in [0.3, 0.4) is 0 Å². The SMILES string of the molecule is CC(C)(C)c1ccc2c(c1)c1cc(-c3cccc4c3c3cc(C(C)(C)C)ccc3n4-c3ccc(C#N)c(C#N)c3)ccc1n2-c1ccccc1. The van der Waals surface area contributed by atoms with Crippen molar-refractivity contribution in [3.05, 3.63) is 144 Å². The van der Waals surface area contributed by atoms with Crippen LogP contribution in [0.4, 0.5) is 0 Å². The van der Waals surface area contributed by atoms with Gasteiger partial charge in [-0.15, -0.1) is 0 Å². The Morgan fingerprint density at radius 2 is 1.04 bits per heavy atom. The van der Waals surface area contributed by atoms with Crippen LogP contribution in [0, 0.1) is 22.7 Å². The van der Waals surface area contributed by atoms with Gasteiger partial charge < -0.3 is 9.13 Å². The molecular formula is C46H38N4. The van der Waals surface area contributed by atoms with E-state index < -0.39 is 0 Å². The van der Waals surface area contributed by atoms with Gasteiger partial charge in [0.25, 0.3) is 0 Å². The van der Waals surface area contributed by atoms with Gasteiger partial charge in [0.1, 0.15) is 12.1 Å². The molecule has 0 aliphatic carbocycles. The molecule has 8 aromatic rings. The topological polar surface area (TPSA) is 57.4 Å². The van der Waals surface area contributed by atoms with E-state index in [1.54, 1.807) is 6.07 Å². The third-order valence-corrected chi connectivity index (χ3v) is 10.1. The lowest BCUT2D eigenvalue weighted by molar-refractivity contribution is 0.591. The largest absolute Gasteiger partial charge is 0.309 e. The Hall–Kier alpha value is -6.10. The van der Waals surface area contributed by atoms with E-state index >= 15 is 0 Å². The summed E-state index contributed by atoms with van der Waals surface area (Å²) in [4.78, 5) is 0. The van der Waals surface area contributed by atoms with Gasteiger partial charge in [0.2, 0.25) is 0 Å². The van der Waals surface area contributed by atoms with Crippen molar-refractivity contribution >= 4 is 43.6 Å². The Bertz CT molecular complexity index is 2730. The fourth-order valence-corrected chi connectivity index (χ4v) is 7.43. The van der Waals surface area contributed by atoms with Gasteiger partial charge in [-0.25, -0.2) is 0 Å². The molecular weight excluding hydrogens is 609 g/mol. The zero-order valence-corrected chi connectivity index (χ0v) is 29.3. The summed E-state index contributed by atoms with van der Waals surface area (Å²) >= 11 is 0. The van der Waals surface area contributed by atoms with Crippen LogP contribution in [0.15, 0.2) is 121 Å². The van der Waals surface area contributed by atoms with E-state index in [2.05, 4.69) is 166 Å². The number of nitriles is 2. The van der Waals surface area contributed by atoms with Crippen LogP contribution in [0.1, 0.15) is 63.8 Å². The Morgan fingerprint density at radius 1 is 0.460 bits per heavy atom. The molecule has 2 heterocycles. The summed E-state index contributed by atoms with van der Waals surface area (Å²) < 4.78 is 4.61. The van der Waals surface area contributed by atoms with Crippen molar-refractivity contribution in [2.24, 2.45) is 0 Å². The van der Waals surface area contributed by atoms with E-state index in [4.69, 9.17) is 0 Å². The second-order valence-corrected chi connectivity index (χ2v) is 15.4. The maximum Gasteiger partial charge on any atom is 0.101 e. The number of rotatable bonds is 3. The zero-order valence-electron chi connectivity index (χ0n) is 29.3. The van der Waals surface area contributed by atoms with Crippen LogP contribution >= 0.6 is 0 Å². The van der Waals surface area contributed by atoms with Crippen LogP contribution in [0.25, 0.3) is 66.1 Å². The average molecular weight is 647 g/mol. The van der Waals surface area contributed by atoms with Gasteiger partial charge in [-0.3, -0.25) is 0 Å². The molecule has 0 bridgehead atoms. The van der Waals surface area contributed by atoms with Gasteiger partial charge in [-0.05, 0) is 106 Å². The maximum absolute atomic E-state index is 9.90. The van der Waals surface area contributed by atoms with Gasteiger partial charge in [-0.2, -0.15) is 10.5 Å². The minimum Gasteiger partial charge on any atom is -0.309 e. The van der Waals surface area contributed by atoms with Gasteiger partial charge in [-0.1, -0.05) is 90.1 Å². The molecule has 8 rings (SSSR count). The third-order valence-electron chi connectivity index (χ3n) is 10.1. The number of hydrogen-bond donors (Lipinski definition) is 0. The molecule has 0 spiro atoms. The number of aromatic nitrogens is 2. The summed E-state index contributed by atoms with van der Waals surface area (Å²) in [5, 5.41) is 24.3. The minimum absolute atomic E-state index is 0.0159. The number of hydrogen-bond acceptors (Lipinski definition) is 2. The summed E-state index contributed by atoms with van der Waals surface area (Å²) in [5.74, 6) is 0. The Kier molecular flexibility index (Phi) is 7.00. The van der Waals surface area contributed by atoms with Gasteiger partial charge in [0.05, 0.1) is 33.2 Å². The van der Waals surface area contributed by atoms with Gasteiger partial charge in [0.15, 0.2) is 0 Å². The van der Waals surface area contributed by atoms with Crippen molar-refractivity contribution in [1.29, 1.82) is 10.5 Å². The normalized spacial score (nSPS) is 12.2. The van der Waals surface area contributed by atoms with E-state index in [1.165, 1.54) is 32.9 Å². The molecule has 50 heavy (non-hydrogen) atoms. The lowest BCUT2D eigenvalue weighted by atomic mass is 9.86. The highest BCUT2D eigenvalue weighted by Crippen LogP contribution is 2.43. The Balaban J connectivity index is 1.45. The predicted octanol–water partition coefficient (Wildman–Crippen LogP) is 11.9. The van der Waals surface area contributed by atoms with E-state index in [9.17, 15) is 10.5 Å². The minimum atomic E-state index is -0.0388. The van der Waals surface area contributed by atoms with Crippen molar-refractivity contribution in [3.63, 3.8) is 0 Å². The van der Waals surface area contributed by atoms with E-state index in [-0.39, 0.29) is 10.8 Å². The van der Waals surface area contributed by atoms with E-state index in [0.29, 0.717) is 11.1 Å². The number of para-hydroxylation sites is 1. The summed E-state index contributed by atoms with van der Waals surface area (Å²) in [6.45, 7) is 13.5. The highest BCUT2D eigenvalue weighted by Gasteiger charge is 2.22. The molecule has 0 atom stereocenters. The van der Waals surface area contributed by atoms with Crippen LogP contribution in [0.2, 0.25) is 0 Å². The van der Waals surface area contributed by atoms with Crippen LogP contribution < -0.4 is 0 Å². The maximum atomic E-state index is 9.90. The number of fused-ring (bicyclic) bond motifs is 6. The first kappa shape index (κ1) is 31.2. The first-order valence-corrected chi connectivity index (χ1v) is 17.1. The molecule has 0 saturated carbocycles. The molecule has 0 N–H and O–H groups in total. The highest BCUT2D eigenvalue weighted by atomic mass is 15.0. The fourth-order valence-electron chi connectivity index (χ4n) is 7.43. The number of benzene rings is 6. The molecule has 0 fully saturated rings. The second-order valence-electron chi connectivity index (χ2n) is 15.4. The summed E-state index contributed by atoms with van der Waals surface area (Å²) in [5.41, 5.74) is 12.1. The highest BCUT2D eigenvalue weighted by molar-refractivity contribution is 6.17. The van der Waals surface area contributed by atoms with Crippen molar-refractivity contribution in [2.75, 3.05) is 0 Å². The molecule has 2 aromatic heterocycles. The van der Waals surface area contributed by atoms with Crippen LogP contribution in [-0.4, -0.2) is 9.13 Å². The first-order chi connectivity index (χ1) is 24.0. The molecule has 0 aliphatic heterocycles. The van der Waals surface area contributed by atoms with E-state index in [0.717, 1.165) is 44.3 Å². The lowest BCUT2D eigenvalue weighted by Crippen LogP contribution is -2.10. The summed E-state index contributed by atoms with van der Waals surface area (Å²) in [6.07, 6.45) is 0. The molecule has 4 heteroatoms. The Labute approximate surface area is 293 Å². The van der Waals surface area contributed by atoms with Crippen molar-refractivity contribution in [2.45, 2.75) is 52.4 Å². The molecule has 0 radical (unpaired) electrons. The third kappa shape index (κ3) is 4.88. The smallest absolute Gasteiger partial charge is 0.101 e. The van der Waals surface area contributed by atoms with Crippen molar-refractivity contribution < 1.29 is 0 Å². The molecule has 0 unspecified atom stereocenters. The molecule has 0 amide bonds. The van der Waals surface area contributed by atoms with Crippen molar-refractivity contribution in [1.82, 2.24) is 9.13 Å². The first-order valence-electron chi connectivity index (χ1n) is 17.1. The van der Waals surface area contributed by atoms with Crippen molar-refractivity contribution in [3.8, 4) is 34.6 Å². The second kappa shape index (κ2) is 11.2. The standard InChI is InChI=1S/C46H38N4/c1-45(2,3)32-17-21-41-38(25-32)37-24-29(16-20-40(37)49(41)34-11-8-7-9-12-34)36-13-10-14-43-44(36)39-26-33(46(4,5)6)18-22-42(39)50(43)35-19-15-30(27-47)31(23-35)28-48/h7-26H,1-6H3. The fraction of sp³-hybridized carbons (Fsp3) is 0.174. The molecule has 242 valence electrons. The van der Waals surface area contributed by atoms with Gasteiger partial charge >= 0.3 is 0 Å². The average Bonchev–Trinajstić information content (AvgIpc) is 3.62.